The highest BCUT2D eigenvalue weighted by molar-refractivity contribution is 7.59. The van der Waals surface area contributed by atoms with Crippen LogP contribution in [0.1, 0.15) is 106 Å². The third-order valence-corrected chi connectivity index (χ3v) is 7.34. The van der Waals surface area contributed by atoms with Gasteiger partial charge in [0.15, 0.2) is 11.4 Å². The number of Topliss-reactive ketones (excluding diaryl/α,β-unsaturated/α-hetero) is 1. The summed E-state index contributed by atoms with van der Waals surface area (Å²) in [6, 6.07) is 3.95. The highest BCUT2D eigenvalue weighted by Gasteiger charge is 2.48. The molecule has 1 aliphatic heterocycles. The number of nitrogens with zero attached hydrogens (tertiary/aromatic N) is 2. The Bertz CT molecular complexity index is 1190. The van der Waals surface area contributed by atoms with Gasteiger partial charge < -0.3 is 14.8 Å². The molecule has 0 saturated carbocycles. The average molecular weight is 548 g/mol. The van der Waals surface area contributed by atoms with Gasteiger partial charge in [0.05, 0.1) is 11.3 Å². The van der Waals surface area contributed by atoms with E-state index in [1.54, 1.807) is 13.1 Å². The Morgan fingerprint density at radius 2 is 1.84 bits per heavy atom. The molecule has 4 rings (SSSR count). The Labute approximate surface area is 233 Å². The van der Waals surface area contributed by atoms with Crippen LogP contribution in [0.3, 0.4) is 0 Å². The van der Waals surface area contributed by atoms with E-state index < -0.39 is 17.2 Å². The molecular formula is C28H41N3O4S2. The van der Waals surface area contributed by atoms with Crippen molar-refractivity contribution in [2.45, 2.75) is 97.2 Å². The van der Waals surface area contributed by atoms with Gasteiger partial charge in [-0.1, -0.05) is 26.0 Å². The van der Waals surface area contributed by atoms with Crippen molar-refractivity contribution in [3.05, 3.63) is 52.9 Å². The molecule has 0 unspecified atom stereocenters. The van der Waals surface area contributed by atoms with Crippen LogP contribution >= 0.6 is 27.0 Å². The van der Waals surface area contributed by atoms with E-state index in [4.69, 9.17) is 9.72 Å². The first kappa shape index (κ1) is 31.1. The molecular weight excluding hydrogens is 506 g/mol. The van der Waals surface area contributed by atoms with Crippen LogP contribution in [-0.4, -0.2) is 43.0 Å². The fraction of sp³-hybridized carbons (Fsp3) is 0.571. The summed E-state index contributed by atoms with van der Waals surface area (Å²) in [7, 11) is 0. The molecule has 0 spiro atoms. The number of aryl methyl sites for hydroxylation is 1. The number of carbonyl (C=O) groups is 2. The van der Waals surface area contributed by atoms with E-state index >= 15 is 0 Å². The summed E-state index contributed by atoms with van der Waals surface area (Å²) in [5, 5.41) is 9.85. The lowest BCUT2D eigenvalue weighted by atomic mass is 9.76. The van der Waals surface area contributed by atoms with Gasteiger partial charge in [-0.25, -0.2) is 9.78 Å². The zero-order chi connectivity index (χ0) is 25.6. The first-order valence-corrected chi connectivity index (χ1v) is 12.4. The fourth-order valence-corrected chi connectivity index (χ4v) is 5.42. The van der Waals surface area contributed by atoms with Crippen LogP contribution < -0.4 is 0 Å². The van der Waals surface area contributed by atoms with Crippen LogP contribution in [-0.2, 0) is 16.0 Å². The Hall–Kier alpha value is -2.10. The Balaban J connectivity index is 0.00000241. The topological polar surface area (TPSA) is 105 Å². The van der Waals surface area contributed by atoms with E-state index in [1.165, 1.54) is 0 Å². The number of carboxylic acid groups (broad SMARTS) is 1. The molecule has 2 atom stereocenters. The van der Waals surface area contributed by atoms with Crippen LogP contribution in [0.25, 0.3) is 5.57 Å². The van der Waals surface area contributed by atoms with Crippen molar-refractivity contribution in [1.29, 1.82) is 0 Å². The minimum Gasteiger partial charge on any atom is -0.479 e. The number of imidazole rings is 1. The predicted octanol–water partition coefficient (Wildman–Crippen LogP) is 5.87. The molecule has 3 heterocycles. The number of carbonyl (C=O) groups excluding carboxylic acids is 1. The van der Waals surface area contributed by atoms with Crippen molar-refractivity contribution in [2.75, 3.05) is 0 Å². The molecule has 1 fully saturated rings. The van der Waals surface area contributed by atoms with Crippen molar-refractivity contribution in [3.8, 4) is 0 Å². The standard InChI is InChI=1S/C28H37N3O4.2H2S/c1-17-16-29-24(30-17)22(32)13-19-7-8-21(31-23(19)18-9-11-26(2,3)12-10-18)20-14-27(4,5)35-28(6,15-20)25(33)34;;/h7-9,16,20H,10-15H2,1-6H3,(H,29,30)(H,33,34);2*1H2/t20-,28-;;/m0../s1. The molecule has 0 amide bonds. The summed E-state index contributed by atoms with van der Waals surface area (Å²) in [6.07, 6.45) is 8.08. The van der Waals surface area contributed by atoms with Gasteiger partial charge in [-0.15, -0.1) is 0 Å². The lowest BCUT2D eigenvalue weighted by Gasteiger charge is -2.44. The van der Waals surface area contributed by atoms with E-state index in [1.807, 2.05) is 32.9 Å². The maximum absolute atomic E-state index is 13.0. The molecule has 2 aromatic rings. The van der Waals surface area contributed by atoms with Gasteiger partial charge >= 0.3 is 5.97 Å². The number of nitrogens with one attached hydrogen (secondary N) is 1. The molecule has 7 nitrogen and oxygen atoms in total. The minimum absolute atomic E-state index is 0. The molecule has 2 aromatic heterocycles. The largest absolute Gasteiger partial charge is 0.479 e. The van der Waals surface area contributed by atoms with E-state index in [0.717, 1.165) is 47.5 Å². The van der Waals surface area contributed by atoms with Gasteiger partial charge in [-0.3, -0.25) is 9.78 Å². The zero-order valence-corrected chi connectivity index (χ0v) is 24.7. The fourth-order valence-electron chi connectivity index (χ4n) is 5.42. The summed E-state index contributed by atoms with van der Waals surface area (Å²) in [4.78, 5) is 37.3. The second kappa shape index (κ2) is 11.3. The second-order valence-electron chi connectivity index (χ2n) is 11.9. The van der Waals surface area contributed by atoms with Crippen molar-refractivity contribution in [2.24, 2.45) is 5.41 Å². The van der Waals surface area contributed by atoms with E-state index in [0.29, 0.717) is 18.7 Å². The van der Waals surface area contributed by atoms with E-state index in [-0.39, 0.29) is 50.5 Å². The monoisotopic (exact) mass is 547 g/mol. The number of hydrogen-bond acceptors (Lipinski definition) is 5. The maximum Gasteiger partial charge on any atom is 0.335 e. The molecule has 0 bridgehead atoms. The summed E-state index contributed by atoms with van der Waals surface area (Å²) in [6.45, 7) is 11.9. The van der Waals surface area contributed by atoms with Crippen LogP contribution in [0.4, 0.5) is 0 Å². The molecule has 1 aliphatic carbocycles. The molecule has 2 N–H and O–H groups in total. The molecule has 0 radical (unpaired) electrons. The third kappa shape index (κ3) is 7.06. The summed E-state index contributed by atoms with van der Waals surface area (Å²) < 4.78 is 5.98. The van der Waals surface area contributed by atoms with Crippen molar-refractivity contribution in [1.82, 2.24) is 15.0 Å². The third-order valence-electron chi connectivity index (χ3n) is 7.34. The first-order chi connectivity index (χ1) is 16.3. The van der Waals surface area contributed by atoms with Gasteiger partial charge in [0, 0.05) is 29.9 Å². The van der Waals surface area contributed by atoms with Crippen LogP contribution in [0.2, 0.25) is 0 Å². The highest BCUT2D eigenvalue weighted by Crippen LogP contribution is 2.44. The van der Waals surface area contributed by atoms with Crippen LogP contribution in [0.5, 0.6) is 0 Å². The van der Waals surface area contributed by atoms with Gasteiger partial charge in [-0.2, -0.15) is 27.0 Å². The average Bonchev–Trinajstić information content (AvgIpc) is 3.19. The number of rotatable bonds is 6. The Morgan fingerprint density at radius 1 is 1.14 bits per heavy atom. The zero-order valence-electron chi connectivity index (χ0n) is 22.7. The quantitative estimate of drug-likeness (QED) is 0.438. The SMILES string of the molecule is Cc1cnc(C(=O)Cc2ccc([C@H]3CC(C)(C)O[C@](C)(C(=O)O)C3)nc2C2=CCC(C)(C)CC2)[nH]1.S.S. The summed E-state index contributed by atoms with van der Waals surface area (Å²) >= 11 is 0. The summed E-state index contributed by atoms with van der Waals surface area (Å²) in [5.41, 5.74) is 3.00. The van der Waals surface area contributed by atoms with Gasteiger partial charge in [0.1, 0.15) is 0 Å². The predicted molar refractivity (Wildman–Crippen MR) is 155 cm³/mol. The molecule has 0 aromatic carbocycles. The minimum atomic E-state index is -1.27. The number of ketones is 1. The lowest BCUT2D eigenvalue weighted by Crippen LogP contribution is -2.51. The molecule has 37 heavy (non-hydrogen) atoms. The van der Waals surface area contributed by atoms with E-state index in [9.17, 15) is 14.7 Å². The molecule has 2 aliphatic rings. The van der Waals surface area contributed by atoms with Crippen molar-refractivity contribution in [3.63, 3.8) is 0 Å². The number of allylic oxidation sites excluding steroid dienone is 2. The van der Waals surface area contributed by atoms with Crippen LogP contribution in [0.15, 0.2) is 24.4 Å². The van der Waals surface area contributed by atoms with Gasteiger partial charge in [-0.05, 0) is 82.4 Å². The number of pyridine rings is 1. The van der Waals surface area contributed by atoms with Crippen LogP contribution in [0, 0.1) is 12.3 Å². The number of aromatic amines is 1. The van der Waals surface area contributed by atoms with Gasteiger partial charge in [0.2, 0.25) is 5.78 Å². The number of aromatic nitrogens is 3. The number of aliphatic carboxylic acids is 1. The summed E-state index contributed by atoms with van der Waals surface area (Å²) in [5.74, 6) is -0.726. The normalized spacial score (nSPS) is 24.3. The Morgan fingerprint density at radius 3 is 2.41 bits per heavy atom. The smallest absolute Gasteiger partial charge is 0.335 e. The number of carboxylic acids is 1. The molecule has 1 saturated heterocycles. The number of H-pyrrole nitrogens is 1. The number of hydrogen-bond donors (Lipinski definition) is 2. The van der Waals surface area contributed by atoms with Crippen molar-refractivity contribution >= 4 is 44.3 Å². The Kier molecular flexibility index (Phi) is 9.53. The van der Waals surface area contributed by atoms with Crippen molar-refractivity contribution < 1.29 is 19.4 Å². The maximum atomic E-state index is 13.0. The lowest BCUT2D eigenvalue weighted by molar-refractivity contribution is -0.200. The second-order valence-corrected chi connectivity index (χ2v) is 11.9. The number of ether oxygens (including phenoxy) is 1. The highest BCUT2D eigenvalue weighted by atomic mass is 32.1. The van der Waals surface area contributed by atoms with E-state index in [2.05, 4.69) is 29.9 Å². The first-order valence-electron chi connectivity index (χ1n) is 12.4. The molecule has 204 valence electrons. The molecule has 9 heteroatoms. The van der Waals surface area contributed by atoms with Gasteiger partial charge in [0.25, 0.3) is 0 Å².